The van der Waals surface area contributed by atoms with Gasteiger partial charge < -0.3 is 4.74 Å². The lowest BCUT2D eigenvalue weighted by Gasteiger charge is -2.11. The Kier molecular flexibility index (Phi) is 7.59. The molecule has 0 aromatic rings. The van der Waals surface area contributed by atoms with Gasteiger partial charge in [-0.3, -0.25) is 0 Å². The number of unbranched alkanes of at least 4 members (excludes halogenated alkanes) is 1. The van der Waals surface area contributed by atoms with E-state index in [1.807, 2.05) is 13.8 Å². The predicted molar refractivity (Wildman–Crippen MR) is 49.8 cm³/mol. The van der Waals surface area contributed by atoms with Crippen LogP contribution < -0.4 is 0 Å². The minimum absolute atomic E-state index is 0.352. The van der Waals surface area contributed by atoms with Crippen LogP contribution in [-0.4, -0.2) is 12.7 Å². The fraction of sp³-hybridized carbons (Fsp3) is 0.800. The first-order valence-electron chi connectivity index (χ1n) is 4.59. The van der Waals surface area contributed by atoms with Crippen molar-refractivity contribution in [2.75, 3.05) is 6.61 Å². The Morgan fingerprint density at radius 1 is 1.36 bits per heavy atom. The molecule has 0 rings (SSSR count). The zero-order valence-corrected chi connectivity index (χ0v) is 7.97. The van der Waals surface area contributed by atoms with Gasteiger partial charge in [-0.25, -0.2) is 0 Å². The van der Waals surface area contributed by atoms with Gasteiger partial charge in [0.1, 0.15) is 0 Å². The molecule has 0 saturated carbocycles. The summed E-state index contributed by atoms with van der Waals surface area (Å²) in [5.41, 5.74) is 0. The van der Waals surface area contributed by atoms with Gasteiger partial charge in [0.05, 0.1) is 6.10 Å². The van der Waals surface area contributed by atoms with Crippen LogP contribution in [-0.2, 0) is 4.74 Å². The molecule has 0 spiro atoms. The summed E-state index contributed by atoms with van der Waals surface area (Å²) >= 11 is 0. The van der Waals surface area contributed by atoms with Gasteiger partial charge in [0.2, 0.25) is 0 Å². The van der Waals surface area contributed by atoms with Crippen molar-refractivity contribution < 1.29 is 4.74 Å². The van der Waals surface area contributed by atoms with E-state index in [1.165, 1.54) is 12.8 Å². The molecule has 0 aromatic carbocycles. The molecule has 0 saturated heterocycles. The molecule has 0 fully saturated rings. The van der Waals surface area contributed by atoms with Gasteiger partial charge in [-0.05, 0) is 20.3 Å². The monoisotopic (exact) mass is 156 g/mol. The first-order valence-corrected chi connectivity index (χ1v) is 4.59. The average molecular weight is 156 g/mol. The number of rotatable bonds is 6. The number of allylic oxidation sites excluding steroid dienone is 1. The fourth-order valence-corrected chi connectivity index (χ4v) is 1.07. The lowest BCUT2D eigenvalue weighted by molar-refractivity contribution is 0.0886. The molecule has 0 aliphatic rings. The summed E-state index contributed by atoms with van der Waals surface area (Å²) < 4.78 is 5.50. The van der Waals surface area contributed by atoms with E-state index >= 15 is 0 Å². The molecule has 66 valence electrons. The van der Waals surface area contributed by atoms with E-state index in [-0.39, 0.29) is 0 Å². The van der Waals surface area contributed by atoms with Gasteiger partial charge in [0.15, 0.2) is 0 Å². The van der Waals surface area contributed by atoms with Crippen molar-refractivity contribution in [2.24, 2.45) is 0 Å². The molecule has 1 unspecified atom stereocenters. The van der Waals surface area contributed by atoms with Crippen LogP contribution in [0.1, 0.15) is 40.0 Å². The van der Waals surface area contributed by atoms with Crippen LogP contribution >= 0.6 is 0 Å². The third-order valence-electron chi connectivity index (χ3n) is 1.63. The molecule has 1 heteroatoms. The number of ether oxygens (including phenoxy) is 1. The quantitative estimate of drug-likeness (QED) is 0.537. The number of hydrogen-bond donors (Lipinski definition) is 0. The first kappa shape index (κ1) is 10.7. The van der Waals surface area contributed by atoms with E-state index in [4.69, 9.17) is 4.74 Å². The van der Waals surface area contributed by atoms with Crippen LogP contribution in [0.4, 0.5) is 0 Å². The average Bonchev–Trinajstić information content (AvgIpc) is 2.01. The summed E-state index contributed by atoms with van der Waals surface area (Å²) in [6.45, 7) is 7.11. The maximum atomic E-state index is 5.50. The normalized spacial score (nSPS) is 14.1. The van der Waals surface area contributed by atoms with Crippen LogP contribution in [0.15, 0.2) is 12.2 Å². The third-order valence-corrected chi connectivity index (χ3v) is 1.63. The van der Waals surface area contributed by atoms with E-state index in [2.05, 4.69) is 19.1 Å². The summed E-state index contributed by atoms with van der Waals surface area (Å²) in [5.74, 6) is 0. The lowest BCUT2D eigenvalue weighted by atomic mass is 10.1. The van der Waals surface area contributed by atoms with Crippen LogP contribution in [0.5, 0.6) is 0 Å². The molecule has 0 radical (unpaired) electrons. The van der Waals surface area contributed by atoms with Crippen molar-refractivity contribution in [1.82, 2.24) is 0 Å². The zero-order chi connectivity index (χ0) is 8.53. The van der Waals surface area contributed by atoms with Crippen molar-refractivity contribution in [3.05, 3.63) is 12.2 Å². The van der Waals surface area contributed by atoms with Crippen LogP contribution in [0.2, 0.25) is 0 Å². The maximum absolute atomic E-state index is 5.50. The van der Waals surface area contributed by atoms with Gasteiger partial charge in [-0.1, -0.05) is 31.9 Å². The van der Waals surface area contributed by atoms with Gasteiger partial charge >= 0.3 is 0 Å². The highest BCUT2D eigenvalue weighted by atomic mass is 16.5. The smallest absolute Gasteiger partial charge is 0.0755 e. The summed E-state index contributed by atoms with van der Waals surface area (Å²) in [6.07, 6.45) is 8.23. The van der Waals surface area contributed by atoms with E-state index in [0.717, 1.165) is 13.0 Å². The topological polar surface area (TPSA) is 9.23 Å². The molecule has 11 heavy (non-hydrogen) atoms. The molecule has 1 atom stereocenters. The number of hydrogen-bond acceptors (Lipinski definition) is 1. The predicted octanol–water partition coefficient (Wildman–Crippen LogP) is 3.16. The summed E-state index contributed by atoms with van der Waals surface area (Å²) in [5, 5.41) is 0. The van der Waals surface area contributed by atoms with Gasteiger partial charge in [-0.2, -0.15) is 0 Å². The summed E-state index contributed by atoms with van der Waals surface area (Å²) in [4.78, 5) is 0. The van der Waals surface area contributed by atoms with Crippen LogP contribution in [0, 0.1) is 0 Å². The highest BCUT2D eigenvalue weighted by Crippen LogP contribution is 2.05. The molecule has 0 amide bonds. The Morgan fingerprint density at radius 2 is 2.09 bits per heavy atom. The Labute approximate surface area is 70.4 Å². The minimum Gasteiger partial charge on any atom is -0.374 e. The van der Waals surface area contributed by atoms with Crippen molar-refractivity contribution >= 4 is 0 Å². The van der Waals surface area contributed by atoms with E-state index in [9.17, 15) is 0 Å². The van der Waals surface area contributed by atoms with E-state index < -0.39 is 0 Å². The van der Waals surface area contributed by atoms with Crippen LogP contribution in [0.25, 0.3) is 0 Å². The SMILES string of the molecule is C/C=C/C(CCCC)OCC. The second-order valence-electron chi connectivity index (χ2n) is 2.66. The zero-order valence-electron chi connectivity index (χ0n) is 7.97. The molecule has 0 heterocycles. The molecule has 0 bridgehead atoms. The van der Waals surface area contributed by atoms with Gasteiger partial charge in [0.25, 0.3) is 0 Å². The van der Waals surface area contributed by atoms with Gasteiger partial charge in [-0.15, -0.1) is 0 Å². The largest absolute Gasteiger partial charge is 0.374 e. The molecule has 0 aromatic heterocycles. The summed E-state index contributed by atoms with van der Waals surface area (Å²) in [6, 6.07) is 0. The van der Waals surface area contributed by atoms with Crippen LogP contribution in [0.3, 0.4) is 0 Å². The molecule has 0 aliphatic heterocycles. The molecule has 0 N–H and O–H groups in total. The second kappa shape index (κ2) is 7.80. The first-order chi connectivity index (χ1) is 5.35. The molecule has 0 aliphatic carbocycles. The molecular formula is C10H20O. The van der Waals surface area contributed by atoms with Crippen molar-refractivity contribution in [3.8, 4) is 0 Å². The third kappa shape index (κ3) is 6.11. The Bertz CT molecular complexity index is 97.0. The standard InChI is InChI=1S/C10H20O/c1-4-7-9-10(8-5-2)11-6-3/h5,8,10H,4,6-7,9H2,1-3H3/b8-5+. The highest BCUT2D eigenvalue weighted by molar-refractivity contribution is 4.86. The highest BCUT2D eigenvalue weighted by Gasteiger charge is 2.00. The van der Waals surface area contributed by atoms with Crippen molar-refractivity contribution in [1.29, 1.82) is 0 Å². The fourth-order valence-electron chi connectivity index (χ4n) is 1.07. The van der Waals surface area contributed by atoms with E-state index in [0.29, 0.717) is 6.10 Å². The Morgan fingerprint density at radius 3 is 2.55 bits per heavy atom. The summed E-state index contributed by atoms with van der Waals surface area (Å²) in [7, 11) is 0. The molecular weight excluding hydrogens is 136 g/mol. The Hall–Kier alpha value is -0.300. The van der Waals surface area contributed by atoms with Gasteiger partial charge in [0, 0.05) is 6.61 Å². The Balaban J connectivity index is 3.51. The minimum atomic E-state index is 0.352. The molecule has 1 nitrogen and oxygen atoms in total. The van der Waals surface area contributed by atoms with Crippen molar-refractivity contribution in [2.45, 2.75) is 46.1 Å². The van der Waals surface area contributed by atoms with E-state index in [1.54, 1.807) is 0 Å². The maximum Gasteiger partial charge on any atom is 0.0755 e. The second-order valence-corrected chi connectivity index (χ2v) is 2.66. The lowest BCUT2D eigenvalue weighted by Crippen LogP contribution is -2.08. The van der Waals surface area contributed by atoms with Crippen molar-refractivity contribution in [3.63, 3.8) is 0 Å².